The molecule has 0 bridgehead atoms. The number of fused-ring (bicyclic) bond motifs is 1. The Morgan fingerprint density at radius 1 is 1.27 bits per heavy atom. The summed E-state index contributed by atoms with van der Waals surface area (Å²) in [4.78, 5) is 25.3. The van der Waals surface area contributed by atoms with Crippen LogP contribution in [0, 0.1) is 0 Å². The summed E-state index contributed by atoms with van der Waals surface area (Å²) in [6, 6.07) is 7.69. The molecular weight excluding hydrogens is 348 g/mol. The molecule has 130 valence electrons. The first kappa shape index (κ1) is 16.3. The van der Waals surface area contributed by atoms with Crippen LogP contribution in [0.3, 0.4) is 0 Å². The largest absolute Gasteiger partial charge is 0.350 e. The Kier molecular flexibility index (Phi) is 4.40. The predicted octanol–water partition coefficient (Wildman–Crippen LogP) is 2.46. The lowest BCUT2D eigenvalue weighted by molar-refractivity contribution is 0.0950. The summed E-state index contributed by atoms with van der Waals surface area (Å²) in [6.45, 7) is 0.493. The highest BCUT2D eigenvalue weighted by Gasteiger charge is 2.15. The van der Waals surface area contributed by atoms with Crippen LogP contribution in [0.1, 0.15) is 16.2 Å². The first-order valence-corrected chi connectivity index (χ1v) is 9.01. The Hall–Kier alpha value is -3.13. The van der Waals surface area contributed by atoms with Crippen LogP contribution in [0.2, 0.25) is 0 Å². The van der Waals surface area contributed by atoms with E-state index in [0.29, 0.717) is 18.7 Å². The molecule has 8 heteroatoms. The maximum atomic E-state index is 12.5. The molecule has 4 rings (SSSR count). The first-order chi connectivity index (χ1) is 12.7. The van der Waals surface area contributed by atoms with Gasteiger partial charge in [-0.3, -0.25) is 19.4 Å². The third-order valence-corrected chi connectivity index (χ3v) is 4.89. The summed E-state index contributed by atoms with van der Waals surface area (Å²) in [6.07, 6.45) is 5.62. The van der Waals surface area contributed by atoms with E-state index in [1.54, 1.807) is 23.3 Å². The molecule has 0 saturated carbocycles. The van der Waals surface area contributed by atoms with Gasteiger partial charge in [0, 0.05) is 43.2 Å². The highest BCUT2D eigenvalue weighted by atomic mass is 32.1. The minimum atomic E-state index is -0.175. The van der Waals surface area contributed by atoms with E-state index in [1.165, 1.54) is 11.3 Å². The normalized spacial score (nSPS) is 11.0. The Morgan fingerprint density at radius 3 is 3.00 bits per heavy atom. The summed E-state index contributed by atoms with van der Waals surface area (Å²) in [5.74, 6) is -0.175. The summed E-state index contributed by atoms with van der Waals surface area (Å²) < 4.78 is 1.72. The number of aromatic nitrogens is 5. The number of para-hydroxylation sites is 1. The van der Waals surface area contributed by atoms with E-state index in [9.17, 15) is 4.79 Å². The lowest BCUT2D eigenvalue weighted by Gasteiger charge is -2.02. The topological polar surface area (TPSA) is 85.6 Å². The van der Waals surface area contributed by atoms with Gasteiger partial charge in [-0.15, -0.1) is 11.3 Å². The fourth-order valence-corrected chi connectivity index (χ4v) is 3.53. The first-order valence-electron chi connectivity index (χ1n) is 8.13. The van der Waals surface area contributed by atoms with Crippen LogP contribution in [0.5, 0.6) is 0 Å². The molecular formula is C18H16N6OS. The standard InChI is InChI=1S/C18H16N6OS/c1-24-15-5-3-2-4-13(15)16(23-24)17(25)21-7-6-12-11-26-18(22-12)14-10-19-8-9-20-14/h2-5,8-11H,6-7H2,1H3,(H,21,25). The SMILES string of the molecule is Cn1nc(C(=O)NCCc2csc(-c3cnccn3)n2)c2ccccc21. The van der Waals surface area contributed by atoms with Crippen LogP contribution in [-0.2, 0) is 13.5 Å². The van der Waals surface area contributed by atoms with Gasteiger partial charge in [0.05, 0.1) is 17.4 Å². The van der Waals surface area contributed by atoms with Crippen molar-refractivity contribution >= 4 is 28.1 Å². The number of amides is 1. The number of nitrogens with one attached hydrogen (secondary N) is 1. The van der Waals surface area contributed by atoms with Gasteiger partial charge in [0.1, 0.15) is 10.7 Å². The van der Waals surface area contributed by atoms with E-state index in [-0.39, 0.29) is 5.91 Å². The van der Waals surface area contributed by atoms with Gasteiger partial charge in [-0.2, -0.15) is 5.10 Å². The minimum Gasteiger partial charge on any atom is -0.350 e. The molecule has 1 N–H and O–H groups in total. The number of nitrogens with zero attached hydrogens (tertiary/aromatic N) is 5. The highest BCUT2D eigenvalue weighted by Crippen LogP contribution is 2.21. The zero-order valence-electron chi connectivity index (χ0n) is 14.1. The minimum absolute atomic E-state index is 0.175. The Labute approximate surface area is 153 Å². The zero-order valence-corrected chi connectivity index (χ0v) is 14.9. The van der Waals surface area contributed by atoms with E-state index in [2.05, 4.69) is 25.4 Å². The van der Waals surface area contributed by atoms with Gasteiger partial charge < -0.3 is 5.32 Å². The summed E-state index contributed by atoms with van der Waals surface area (Å²) in [5.41, 5.74) is 3.06. The van der Waals surface area contributed by atoms with Crippen molar-refractivity contribution in [3.63, 3.8) is 0 Å². The zero-order chi connectivity index (χ0) is 17.9. The quantitative estimate of drug-likeness (QED) is 0.588. The van der Waals surface area contributed by atoms with E-state index in [1.807, 2.05) is 36.7 Å². The van der Waals surface area contributed by atoms with E-state index in [0.717, 1.165) is 27.3 Å². The van der Waals surface area contributed by atoms with E-state index < -0.39 is 0 Å². The van der Waals surface area contributed by atoms with Crippen LogP contribution >= 0.6 is 11.3 Å². The molecule has 0 radical (unpaired) electrons. The second-order valence-corrected chi connectivity index (χ2v) is 6.59. The lowest BCUT2D eigenvalue weighted by atomic mass is 10.2. The maximum absolute atomic E-state index is 12.5. The molecule has 0 unspecified atom stereocenters. The van der Waals surface area contributed by atoms with Crippen LogP contribution in [0.25, 0.3) is 21.6 Å². The van der Waals surface area contributed by atoms with Gasteiger partial charge in [0.2, 0.25) is 0 Å². The molecule has 0 atom stereocenters. The average molecular weight is 364 g/mol. The van der Waals surface area contributed by atoms with Gasteiger partial charge in [0.15, 0.2) is 5.69 Å². The number of carbonyl (C=O) groups excluding carboxylic acids is 1. The summed E-state index contributed by atoms with van der Waals surface area (Å²) >= 11 is 1.52. The number of carbonyl (C=O) groups is 1. The average Bonchev–Trinajstić information content (AvgIpc) is 3.28. The number of aryl methyl sites for hydroxylation is 1. The molecule has 7 nitrogen and oxygen atoms in total. The Balaban J connectivity index is 1.40. The van der Waals surface area contributed by atoms with Gasteiger partial charge in [-0.1, -0.05) is 18.2 Å². The van der Waals surface area contributed by atoms with Crippen molar-refractivity contribution in [2.45, 2.75) is 6.42 Å². The highest BCUT2D eigenvalue weighted by molar-refractivity contribution is 7.13. The third kappa shape index (κ3) is 3.18. The molecule has 26 heavy (non-hydrogen) atoms. The number of rotatable bonds is 5. The maximum Gasteiger partial charge on any atom is 0.272 e. The monoisotopic (exact) mass is 364 g/mol. The van der Waals surface area contributed by atoms with E-state index in [4.69, 9.17) is 0 Å². The molecule has 1 aromatic carbocycles. The van der Waals surface area contributed by atoms with Gasteiger partial charge in [-0.05, 0) is 6.07 Å². The third-order valence-electron chi connectivity index (χ3n) is 3.97. The number of hydrogen-bond donors (Lipinski definition) is 1. The van der Waals surface area contributed by atoms with Gasteiger partial charge in [0.25, 0.3) is 5.91 Å². The van der Waals surface area contributed by atoms with Crippen molar-refractivity contribution < 1.29 is 4.79 Å². The number of benzene rings is 1. The molecule has 0 fully saturated rings. The van der Waals surface area contributed by atoms with Gasteiger partial charge in [-0.25, -0.2) is 4.98 Å². The molecule has 4 aromatic rings. The van der Waals surface area contributed by atoms with Crippen molar-refractivity contribution in [2.24, 2.45) is 7.05 Å². The molecule has 0 saturated heterocycles. The van der Waals surface area contributed by atoms with Crippen LogP contribution < -0.4 is 5.32 Å². The molecule has 3 heterocycles. The smallest absolute Gasteiger partial charge is 0.272 e. The van der Waals surface area contributed by atoms with Crippen molar-refractivity contribution in [3.05, 3.63) is 59.6 Å². The fourth-order valence-electron chi connectivity index (χ4n) is 2.72. The fraction of sp³-hybridized carbons (Fsp3) is 0.167. The van der Waals surface area contributed by atoms with Crippen molar-refractivity contribution in [2.75, 3.05) is 6.54 Å². The van der Waals surface area contributed by atoms with Crippen LogP contribution in [0.4, 0.5) is 0 Å². The molecule has 0 aliphatic carbocycles. The summed E-state index contributed by atoms with van der Waals surface area (Å²) in [7, 11) is 1.84. The van der Waals surface area contributed by atoms with Crippen LogP contribution in [0.15, 0.2) is 48.2 Å². The molecule has 0 aliphatic rings. The molecule has 0 aliphatic heterocycles. The van der Waals surface area contributed by atoms with Crippen molar-refractivity contribution in [1.82, 2.24) is 30.0 Å². The second-order valence-electron chi connectivity index (χ2n) is 5.73. The van der Waals surface area contributed by atoms with E-state index >= 15 is 0 Å². The molecule has 3 aromatic heterocycles. The second kappa shape index (κ2) is 7.01. The van der Waals surface area contributed by atoms with Gasteiger partial charge >= 0.3 is 0 Å². The molecule has 0 spiro atoms. The van der Waals surface area contributed by atoms with Crippen LogP contribution in [-0.4, -0.2) is 37.2 Å². The predicted molar refractivity (Wildman–Crippen MR) is 99.9 cm³/mol. The Bertz CT molecular complexity index is 1060. The summed E-state index contributed by atoms with van der Waals surface area (Å²) in [5, 5.41) is 10.9. The van der Waals surface area contributed by atoms with Crippen molar-refractivity contribution in [1.29, 1.82) is 0 Å². The lowest BCUT2D eigenvalue weighted by Crippen LogP contribution is -2.26. The number of thiazole rings is 1. The van der Waals surface area contributed by atoms with Crippen molar-refractivity contribution in [3.8, 4) is 10.7 Å². The number of hydrogen-bond acceptors (Lipinski definition) is 6. The molecule has 1 amide bonds. The Morgan fingerprint density at radius 2 is 2.15 bits per heavy atom.